The van der Waals surface area contributed by atoms with Crippen molar-refractivity contribution in [2.24, 2.45) is 5.73 Å². The largest absolute Gasteiger partial charge is 0.385 e. The van der Waals surface area contributed by atoms with Crippen LogP contribution in [0.2, 0.25) is 0 Å². The Hall–Kier alpha value is -0.650. The van der Waals surface area contributed by atoms with Gasteiger partial charge in [0.15, 0.2) is 0 Å². The zero-order valence-electron chi connectivity index (χ0n) is 9.32. The quantitative estimate of drug-likeness (QED) is 0.584. The summed E-state index contributed by atoms with van der Waals surface area (Å²) in [6, 6.07) is -0.494. The van der Waals surface area contributed by atoms with Gasteiger partial charge in [-0.05, 0) is 13.3 Å². The van der Waals surface area contributed by atoms with E-state index in [1.165, 1.54) is 0 Å². The summed E-state index contributed by atoms with van der Waals surface area (Å²) in [5, 5.41) is 12.7. The van der Waals surface area contributed by atoms with Crippen molar-refractivity contribution in [1.29, 1.82) is 0 Å². The molecule has 1 heterocycles. The van der Waals surface area contributed by atoms with Gasteiger partial charge in [-0.1, -0.05) is 6.92 Å². The van der Waals surface area contributed by atoms with Crippen molar-refractivity contribution in [3.63, 3.8) is 0 Å². The highest BCUT2D eigenvalue weighted by molar-refractivity contribution is 5.81. The van der Waals surface area contributed by atoms with Crippen molar-refractivity contribution in [1.82, 2.24) is 5.32 Å². The van der Waals surface area contributed by atoms with Crippen LogP contribution in [-0.4, -0.2) is 41.9 Å². The molecule has 1 aliphatic heterocycles. The van der Waals surface area contributed by atoms with Gasteiger partial charge in [-0.15, -0.1) is 0 Å². The van der Waals surface area contributed by atoms with Crippen LogP contribution in [0.4, 0.5) is 0 Å². The van der Waals surface area contributed by atoms with Crippen LogP contribution >= 0.6 is 0 Å². The molecule has 0 aromatic rings. The first-order valence-electron chi connectivity index (χ1n) is 5.37. The minimum absolute atomic E-state index is 0.209. The normalized spacial score (nSPS) is 32.7. The zero-order valence-corrected chi connectivity index (χ0v) is 9.32. The molecule has 0 radical (unpaired) electrons. The maximum Gasteiger partial charge on any atom is 0.237 e. The topological polar surface area (TPSA) is 84.6 Å². The zero-order chi connectivity index (χ0) is 11.5. The van der Waals surface area contributed by atoms with E-state index in [1.54, 1.807) is 6.92 Å². The molecular formula is C10H20N2O3. The van der Waals surface area contributed by atoms with E-state index in [9.17, 15) is 9.90 Å². The molecule has 1 fully saturated rings. The molecule has 88 valence electrons. The lowest BCUT2D eigenvalue weighted by Gasteiger charge is -2.26. The molecule has 0 aliphatic carbocycles. The Morgan fingerprint density at radius 3 is 2.93 bits per heavy atom. The highest BCUT2D eigenvalue weighted by Gasteiger charge is 2.39. The maximum absolute atomic E-state index is 11.4. The van der Waals surface area contributed by atoms with Crippen LogP contribution in [0, 0.1) is 0 Å². The summed E-state index contributed by atoms with van der Waals surface area (Å²) in [6.45, 7) is 4.40. The molecule has 1 rings (SSSR count). The Labute approximate surface area is 90.0 Å². The number of aliphatic hydroxyl groups is 1. The Kier molecular flexibility index (Phi) is 4.07. The van der Waals surface area contributed by atoms with Crippen LogP contribution in [0.3, 0.4) is 0 Å². The molecule has 5 heteroatoms. The number of carbonyl (C=O) groups is 1. The number of rotatable bonds is 4. The highest BCUT2D eigenvalue weighted by Crippen LogP contribution is 2.24. The van der Waals surface area contributed by atoms with Gasteiger partial charge in [-0.3, -0.25) is 4.79 Å². The molecule has 0 saturated carbocycles. The average molecular weight is 216 g/mol. The molecule has 15 heavy (non-hydrogen) atoms. The third-order valence-electron chi connectivity index (χ3n) is 3.00. The molecule has 1 amide bonds. The molecule has 0 aromatic carbocycles. The monoisotopic (exact) mass is 216 g/mol. The van der Waals surface area contributed by atoms with Crippen LogP contribution in [0.5, 0.6) is 0 Å². The third-order valence-corrected chi connectivity index (χ3v) is 3.00. The Bertz CT molecular complexity index is 235. The molecule has 0 aromatic heterocycles. The van der Waals surface area contributed by atoms with Crippen LogP contribution in [0.25, 0.3) is 0 Å². The standard InChI is InChI=1S/C10H20N2O3/c1-3-8(11)9(13)12-6-10(14)4-5-15-7(10)2/h7-8,14H,3-6,11H2,1-2H3,(H,12,13). The number of amides is 1. The van der Waals surface area contributed by atoms with E-state index in [0.29, 0.717) is 19.4 Å². The van der Waals surface area contributed by atoms with E-state index in [-0.39, 0.29) is 18.6 Å². The number of ether oxygens (including phenoxy) is 1. The third kappa shape index (κ3) is 2.90. The average Bonchev–Trinajstić information content (AvgIpc) is 2.55. The van der Waals surface area contributed by atoms with Crippen molar-refractivity contribution in [2.45, 2.75) is 44.4 Å². The molecule has 0 spiro atoms. The highest BCUT2D eigenvalue weighted by atomic mass is 16.5. The fourth-order valence-electron chi connectivity index (χ4n) is 1.56. The lowest BCUT2D eigenvalue weighted by atomic mass is 9.96. The van der Waals surface area contributed by atoms with Gasteiger partial charge in [0.2, 0.25) is 5.91 Å². The molecule has 3 unspecified atom stereocenters. The molecule has 5 nitrogen and oxygen atoms in total. The minimum atomic E-state index is -0.941. The van der Waals surface area contributed by atoms with Gasteiger partial charge in [0.1, 0.15) is 5.60 Å². The van der Waals surface area contributed by atoms with E-state index in [2.05, 4.69) is 5.32 Å². The fourth-order valence-corrected chi connectivity index (χ4v) is 1.56. The van der Waals surface area contributed by atoms with Gasteiger partial charge in [0, 0.05) is 19.6 Å². The summed E-state index contributed by atoms with van der Waals surface area (Å²) in [6.07, 6.45) is 0.905. The summed E-state index contributed by atoms with van der Waals surface area (Å²) in [5.74, 6) is -0.218. The molecule has 4 N–H and O–H groups in total. The van der Waals surface area contributed by atoms with E-state index in [1.807, 2.05) is 6.92 Å². The summed E-state index contributed by atoms with van der Waals surface area (Å²) in [7, 11) is 0. The molecule has 0 bridgehead atoms. The van der Waals surface area contributed by atoms with Gasteiger partial charge in [-0.2, -0.15) is 0 Å². The van der Waals surface area contributed by atoms with E-state index < -0.39 is 11.6 Å². The van der Waals surface area contributed by atoms with Gasteiger partial charge < -0.3 is 20.9 Å². The summed E-state index contributed by atoms with van der Waals surface area (Å²) >= 11 is 0. The summed E-state index contributed by atoms with van der Waals surface area (Å²) < 4.78 is 5.25. The van der Waals surface area contributed by atoms with E-state index >= 15 is 0 Å². The predicted molar refractivity (Wildman–Crippen MR) is 56.3 cm³/mol. The second-order valence-corrected chi connectivity index (χ2v) is 4.10. The first-order chi connectivity index (χ1) is 6.99. The second kappa shape index (κ2) is 4.92. The number of nitrogens with two attached hydrogens (primary N) is 1. The lowest BCUT2D eigenvalue weighted by molar-refractivity contribution is -0.124. The van der Waals surface area contributed by atoms with Gasteiger partial charge in [0.05, 0.1) is 12.1 Å². The van der Waals surface area contributed by atoms with Crippen molar-refractivity contribution < 1.29 is 14.6 Å². The molecule has 1 aliphatic rings. The molecule has 1 saturated heterocycles. The number of hydrogen-bond donors (Lipinski definition) is 3. The van der Waals surface area contributed by atoms with Crippen LogP contribution in [0.15, 0.2) is 0 Å². The Morgan fingerprint density at radius 1 is 1.80 bits per heavy atom. The van der Waals surface area contributed by atoms with Crippen LogP contribution in [-0.2, 0) is 9.53 Å². The number of nitrogens with one attached hydrogen (secondary N) is 1. The van der Waals surface area contributed by atoms with E-state index in [4.69, 9.17) is 10.5 Å². The van der Waals surface area contributed by atoms with Crippen molar-refractivity contribution in [2.75, 3.05) is 13.2 Å². The van der Waals surface area contributed by atoms with E-state index in [0.717, 1.165) is 0 Å². The summed E-state index contributed by atoms with van der Waals surface area (Å²) in [4.78, 5) is 11.4. The van der Waals surface area contributed by atoms with Crippen molar-refractivity contribution >= 4 is 5.91 Å². The SMILES string of the molecule is CCC(N)C(=O)NCC1(O)CCOC1C. The van der Waals surface area contributed by atoms with Gasteiger partial charge in [0.25, 0.3) is 0 Å². The van der Waals surface area contributed by atoms with Crippen LogP contribution in [0.1, 0.15) is 26.7 Å². The van der Waals surface area contributed by atoms with Crippen molar-refractivity contribution in [3.05, 3.63) is 0 Å². The lowest BCUT2D eigenvalue weighted by Crippen LogP contribution is -2.50. The number of carbonyl (C=O) groups excluding carboxylic acids is 1. The second-order valence-electron chi connectivity index (χ2n) is 4.10. The fraction of sp³-hybridized carbons (Fsp3) is 0.900. The van der Waals surface area contributed by atoms with Crippen molar-refractivity contribution in [3.8, 4) is 0 Å². The maximum atomic E-state index is 11.4. The smallest absolute Gasteiger partial charge is 0.237 e. The molecule has 3 atom stereocenters. The number of hydrogen-bond acceptors (Lipinski definition) is 4. The summed E-state index contributed by atoms with van der Waals surface area (Å²) in [5.41, 5.74) is 4.61. The van der Waals surface area contributed by atoms with Gasteiger partial charge >= 0.3 is 0 Å². The predicted octanol–water partition coefficient (Wildman–Crippen LogP) is -0.620. The Morgan fingerprint density at radius 2 is 2.47 bits per heavy atom. The Balaban J connectivity index is 2.39. The van der Waals surface area contributed by atoms with Gasteiger partial charge in [-0.25, -0.2) is 0 Å². The first-order valence-corrected chi connectivity index (χ1v) is 5.37. The molecular weight excluding hydrogens is 196 g/mol. The first kappa shape index (κ1) is 12.4. The minimum Gasteiger partial charge on any atom is -0.385 e. The van der Waals surface area contributed by atoms with Crippen LogP contribution < -0.4 is 11.1 Å².